The normalized spacial score (nSPS) is 14.9. The van der Waals surface area contributed by atoms with Crippen LogP contribution >= 0.6 is 0 Å². The number of hydrogen-bond acceptors (Lipinski definition) is 6. The van der Waals surface area contributed by atoms with Crippen molar-refractivity contribution in [1.29, 1.82) is 0 Å². The van der Waals surface area contributed by atoms with E-state index in [4.69, 9.17) is 20.3 Å². The number of nitrogens with zero attached hydrogens (tertiary/aromatic N) is 1. The van der Waals surface area contributed by atoms with Gasteiger partial charge in [0.25, 0.3) is 5.69 Å². The van der Waals surface area contributed by atoms with Crippen LogP contribution in [-0.4, -0.2) is 34.8 Å². The Balaban J connectivity index is 2.93. The number of rotatable bonds is 7. The number of non-ortho nitro benzene ring substituents is 1. The molecule has 8 heteroatoms. The van der Waals surface area contributed by atoms with Gasteiger partial charge >= 0.3 is 5.97 Å². The van der Waals surface area contributed by atoms with E-state index in [0.29, 0.717) is 5.75 Å². The fourth-order valence-electron chi connectivity index (χ4n) is 1.81. The molecule has 0 aliphatic rings. The van der Waals surface area contributed by atoms with Crippen molar-refractivity contribution in [2.24, 2.45) is 5.73 Å². The predicted molar refractivity (Wildman–Crippen MR) is 74.6 cm³/mol. The molecule has 1 rings (SSSR count). The number of nitro benzene ring substituents is 1. The lowest BCUT2D eigenvalue weighted by molar-refractivity contribution is -0.385. The van der Waals surface area contributed by atoms with E-state index in [1.165, 1.54) is 32.2 Å². The van der Waals surface area contributed by atoms with Gasteiger partial charge in [0.1, 0.15) is 5.54 Å². The Morgan fingerprint density at radius 1 is 1.52 bits per heavy atom. The van der Waals surface area contributed by atoms with Crippen molar-refractivity contribution in [2.75, 3.05) is 7.11 Å². The van der Waals surface area contributed by atoms with Crippen LogP contribution in [-0.2, 0) is 4.79 Å². The number of ether oxygens (including phenoxy) is 2. The third kappa shape index (κ3) is 4.32. The van der Waals surface area contributed by atoms with Gasteiger partial charge in [-0.2, -0.15) is 0 Å². The second kappa shape index (κ2) is 6.40. The first-order valence-electron chi connectivity index (χ1n) is 6.18. The van der Waals surface area contributed by atoms with Crippen molar-refractivity contribution >= 4 is 11.7 Å². The molecule has 3 N–H and O–H groups in total. The molecule has 0 amide bonds. The van der Waals surface area contributed by atoms with Crippen molar-refractivity contribution < 1.29 is 24.3 Å². The molecule has 2 atom stereocenters. The molecular weight excluding hydrogens is 280 g/mol. The van der Waals surface area contributed by atoms with Crippen LogP contribution in [0.2, 0.25) is 0 Å². The SMILES string of the molecule is COc1ccc([N+](=O)[O-])cc1OC(C)CC(C)(N)C(=O)O. The Morgan fingerprint density at radius 2 is 2.14 bits per heavy atom. The quantitative estimate of drug-likeness (QED) is 0.578. The Bertz CT molecular complexity index is 543. The monoisotopic (exact) mass is 298 g/mol. The van der Waals surface area contributed by atoms with E-state index < -0.39 is 22.5 Å². The van der Waals surface area contributed by atoms with Gasteiger partial charge in [-0.05, 0) is 19.9 Å². The molecule has 21 heavy (non-hydrogen) atoms. The molecule has 0 aliphatic carbocycles. The summed E-state index contributed by atoms with van der Waals surface area (Å²) >= 11 is 0. The maximum absolute atomic E-state index is 11.0. The molecule has 1 aromatic carbocycles. The molecule has 0 spiro atoms. The van der Waals surface area contributed by atoms with Crippen LogP contribution in [0.1, 0.15) is 20.3 Å². The standard InChI is InChI=1S/C13H18N2O6/c1-8(7-13(2,14)12(16)17)21-11-6-9(15(18)19)4-5-10(11)20-3/h4-6,8H,7,14H2,1-3H3,(H,16,17). The lowest BCUT2D eigenvalue weighted by atomic mass is 9.96. The highest BCUT2D eigenvalue weighted by atomic mass is 16.6. The topological polar surface area (TPSA) is 125 Å². The van der Waals surface area contributed by atoms with E-state index in [2.05, 4.69) is 0 Å². The minimum atomic E-state index is -1.45. The molecule has 0 aromatic heterocycles. The highest BCUT2D eigenvalue weighted by Crippen LogP contribution is 2.32. The Kier molecular flexibility index (Phi) is 5.09. The second-order valence-corrected chi connectivity index (χ2v) is 4.95. The number of nitro groups is 1. The summed E-state index contributed by atoms with van der Waals surface area (Å²) in [6.45, 7) is 3.01. The fraction of sp³-hybridized carbons (Fsp3) is 0.462. The summed E-state index contributed by atoms with van der Waals surface area (Å²) in [5.74, 6) is -0.661. The summed E-state index contributed by atoms with van der Waals surface area (Å²) in [6.07, 6.45) is -0.527. The summed E-state index contributed by atoms with van der Waals surface area (Å²) in [5.41, 5.74) is 4.05. The summed E-state index contributed by atoms with van der Waals surface area (Å²) in [4.78, 5) is 21.2. The maximum atomic E-state index is 11.0. The first kappa shape index (κ1) is 16.7. The van der Waals surface area contributed by atoms with Crippen molar-refractivity contribution in [3.8, 4) is 11.5 Å². The van der Waals surface area contributed by atoms with E-state index in [9.17, 15) is 14.9 Å². The third-order valence-corrected chi connectivity index (χ3v) is 2.89. The van der Waals surface area contributed by atoms with E-state index >= 15 is 0 Å². The average Bonchev–Trinajstić information content (AvgIpc) is 2.37. The van der Waals surface area contributed by atoms with Crippen LogP contribution in [0.5, 0.6) is 11.5 Å². The van der Waals surface area contributed by atoms with E-state index in [-0.39, 0.29) is 17.9 Å². The van der Waals surface area contributed by atoms with Crippen molar-refractivity contribution in [3.63, 3.8) is 0 Å². The molecule has 0 fully saturated rings. The lowest BCUT2D eigenvalue weighted by Crippen LogP contribution is -2.47. The smallest absolute Gasteiger partial charge is 0.323 e. The first-order valence-corrected chi connectivity index (χ1v) is 6.18. The van der Waals surface area contributed by atoms with Crippen molar-refractivity contribution in [2.45, 2.75) is 31.9 Å². The van der Waals surface area contributed by atoms with Gasteiger partial charge in [0.05, 0.1) is 24.2 Å². The summed E-state index contributed by atoms with van der Waals surface area (Å²) in [5, 5.41) is 19.7. The Hall–Kier alpha value is -2.35. The predicted octanol–water partition coefficient (Wildman–Crippen LogP) is 1.56. The molecule has 0 heterocycles. The van der Waals surface area contributed by atoms with E-state index in [1.807, 2.05) is 0 Å². The van der Waals surface area contributed by atoms with Gasteiger partial charge in [-0.3, -0.25) is 14.9 Å². The van der Waals surface area contributed by atoms with Crippen molar-refractivity contribution in [1.82, 2.24) is 0 Å². The number of methoxy groups -OCH3 is 1. The zero-order valence-corrected chi connectivity index (χ0v) is 12.0. The van der Waals surface area contributed by atoms with Gasteiger partial charge in [-0.1, -0.05) is 0 Å². The van der Waals surface area contributed by atoms with Gasteiger partial charge < -0.3 is 20.3 Å². The minimum absolute atomic E-state index is 0.0359. The van der Waals surface area contributed by atoms with Crippen LogP contribution in [0.4, 0.5) is 5.69 Å². The van der Waals surface area contributed by atoms with Crippen LogP contribution in [0.25, 0.3) is 0 Å². The zero-order chi connectivity index (χ0) is 16.2. The molecule has 0 bridgehead atoms. The Morgan fingerprint density at radius 3 is 2.62 bits per heavy atom. The number of nitrogens with two attached hydrogens (primary N) is 1. The van der Waals surface area contributed by atoms with Gasteiger partial charge in [0.2, 0.25) is 0 Å². The van der Waals surface area contributed by atoms with Crippen LogP contribution in [0, 0.1) is 10.1 Å². The summed E-state index contributed by atoms with van der Waals surface area (Å²) in [6, 6.07) is 3.93. The summed E-state index contributed by atoms with van der Waals surface area (Å²) < 4.78 is 10.6. The fourth-order valence-corrected chi connectivity index (χ4v) is 1.81. The van der Waals surface area contributed by atoms with Gasteiger partial charge in [0, 0.05) is 12.5 Å². The largest absolute Gasteiger partial charge is 0.493 e. The molecule has 0 radical (unpaired) electrons. The van der Waals surface area contributed by atoms with Gasteiger partial charge in [-0.25, -0.2) is 0 Å². The average molecular weight is 298 g/mol. The first-order chi connectivity index (χ1) is 9.67. The molecular formula is C13H18N2O6. The molecule has 1 aromatic rings. The highest BCUT2D eigenvalue weighted by molar-refractivity contribution is 5.77. The number of hydrogen-bond donors (Lipinski definition) is 2. The third-order valence-electron chi connectivity index (χ3n) is 2.89. The summed E-state index contributed by atoms with van der Waals surface area (Å²) in [7, 11) is 1.41. The Labute approximate surface area is 121 Å². The number of carboxylic acid groups (broad SMARTS) is 1. The van der Waals surface area contributed by atoms with Crippen molar-refractivity contribution in [3.05, 3.63) is 28.3 Å². The van der Waals surface area contributed by atoms with E-state index in [0.717, 1.165) is 0 Å². The molecule has 0 saturated heterocycles. The van der Waals surface area contributed by atoms with Gasteiger partial charge in [-0.15, -0.1) is 0 Å². The molecule has 8 nitrogen and oxygen atoms in total. The maximum Gasteiger partial charge on any atom is 0.323 e. The molecule has 2 unspecified atom stereocenters. The van der Waals surface area contributed by atoms with Crippen LogP contribution in [0.15, 0.2) is 18.2 Å². The van der Waals surface area contributed by atoms with Crippen LogP contribution < -0.4 is 15.2 Å². The van der Waals surface area contributed by atoms with Gasteiger partial charge in [0.15, 0.2) is 11.5 Å². The molecule has 116 valence electrons. The number of carboxylic acids is 1. The van der Waals surface area contributed by atoms with E-state index in [1.54, 1.807) is 6.92 Å². The lowest BCUT2D eigenvalue weighted by Gasteiger charge is -2.24. The minimum Gasteiger partial charge on any atom is -0.493 e. The zero-order valence-electron chi connectivity index (χ0n) is 12.0. The second-order valence-electron chi connectivity index (χ2n) is 4.95. The highest BCUT2D eigenvalue weighted by Gasteiger charge is 2.31. The number of benzene rings is 1. The number of carbonyl (C=O) groups is 1. The number of aliphatic carboxylic acids is 1. The van der Waals surface area contributed by atoms with Crippen LogP contribution in [0.3, 0.4) is 0 Å². The molecule has 0 aliphatic heterocycles. The molecule has 0 saturated carbocycles.